The molecule has 17 heavy (non-hydrogen) atoms. The highest BCUT2D eigenvalue weighted by Crippen LogP contribution is 2.49. The molecule has 2 bridgehead atoms. The highest BCUT2D eigenvalue weighted by molar-refractivity contribution is 7.89. The van der Waals surface area contributed by atoms with E-state index in [-0.39, 0.29) is 11.8 Å². The zero-order chi connectivity index (χ0) is 12.0. The van der Waals surface area contributed by atoms with Gasteiger partial charge in [-0.3, -0.25) is 0 Å². The van der Waals surface area contributed by atoms with E-state index in [1.54, 1.807) is 4.31 Å². The largest absolute Gasteiger partial charge is 0.326 e. The van der Waals surface area contributed by atoms with Gasteiger partial charge in [0.1, 0.15) is 0 Å². The fraction of sp³-hybridized carbons (Fsp3) is 1.00. The van der Waals surface area contributed by atoms with E-state index in [9.17, 15) is 8.42 Å². The van der Waals surface area contributed by atoms with Gasteiger partial charge < -0.3 is 5.73 Å². The van der Waals surface area contributed by atoms with Gasteiger partial charge in [-0.1, -0.05) is 6.42 Å². The summed E-state index contributed by atoms with van der Waals surface area (Å²) in [6, 6.07) is -0.143. The lowest BCUT2D eigenvalue weighted by Gasteiger charge is -2.33. The van der Waals surface area contributed by atoms with Gasteiger partial charge in [-0.15, -0.1) is 0 Å². The van der Waals surface area contributed by atoms with E-state index in [1.165, 1.54) is 25.7 Å². The molecule has 2 N–H and O–H groups in total. The molecule has 0 spiro atoms. The van der Waals surface area contributed by atoms with Crippen molar-refractivity contribution in [3.05, 3.63) is 0 Å². The Morgan fingerprint density at radius 3 is 2.47 bits per heavy atom. The average molecular weight is 258 g/mol. The lowest BCUT2D eigenvalue weighted by Crippen LogP contribution is -2.48. The molecule has 3 fully saturated rings. The first-order chi connectivity index (χ1) is 8.06. The van der Waals surface area contributed by atoms with Gasteiger partial charge in [0.15, 0.2) is 0 Å². The summed E-state index contributed by atoms with van der Waals surface area (Å²) in [6.07, 6.45) is 6.08. The lowest BCUT2D eigenvalue weighted by molar-refractivity contribution is 0.281. The molecule has 2 aliphatic carbocycles. The molecule has 1 aliphatic heterocycles. The molecule has 4 unspecified atom stereocenters. The predicted molar refractivity (Wildman–Crippen MR) is 66.9 cm³/mol. The van der Waals surface area contributed by atoms with Crippen LogP contribution in [0.3, 0.4) is 0 Å². The van der Waals surface area contributed by atoms with E-state index in [0.29, 0.717) is 24.9 Å². The Morgan fingerprint density at radius 2 is 2.00 bits per heavy atom. The number of sulfonamides is 1. The molecule has 3 aliphatic rings. The molecule has 4 atom stereocenters. The molecule has 0 aromatic carbocycles. The fourth-order valence-corrected chi connectivity index (χ4v) is 5.61. The molecular weight excluding hydrogens is 236 g/mol. The third kappa shape index (κ3) is 2.13. The first-order valence-electron chi connectivity index (χ1n) is 6.79. The van der Waals surface area contributed by atoms with Crippen molar-refractivity contribution in [3.63, 3.8) is 0 Å². The minimum Gasteiger partial charge on any atom is -0.326 e. The Bertz CT molecular complexity index is 391. The van der Waals surface area contributed by atoms with Gasteiger partial charge in [-0.05, 0) is 43.4 Å². The quantitative estimate of drug-likeness (QED) is 0.810. The maximum Gasteiger partial charge on any atom is 0.215 e. The van der Waals surface area contributed by atoms with E-state index < -0.39 is 10.0 Å². The number of hydrogen-bond donors (Lipinski definition) is 1. The molecule has 98 valence electrons. The summed E-state index contributed by atoms with van der Waals surface area (Å²) >= 11 is 0. The van der Waals surface area contributed by atoms with Crippen LogP contribution in [0.4, 0.5) is 0 Å². The number of nitrogens with zero attached hydrogens (tertiary/aromatic N) is 1. The molecule has 5 heteroatoms. The molecule has 4 nitrogen and oxygen atoms in total. The summed E-state index contributed by atoms with van der Waals surface area (Å²) in [5, 5.41) is 0. The van der Waals surface area contributed by atoms with Crippen LogP contribution in [0.15, 0.2) is 0 Å². The molecule has 2 saturated carbocycles. The molecular formula is C12H22N2O2S. The second-order valence-corrected chi connectivity index (χ2v) is 8.05. The third-order valence-electron chi connectivity index (χ3n) is 4.95. The van der Waals surface area contributed by atoms with Crippen molar-refractivity contribution in [2.45, 2.75) is 38.1 Å². The Balaban J connectivity index is 1.61. The standard InChI is InChI=1S/C12H22N2O2S/c13-12(8-17(15,16)14-4-1-5-14)11-7-9-2-3-10(11)6-9/h9-12H,1-8,13H2. The van der Waals surface area contributed by atoms with Crippen LogP contribution in [0.2, 0.25) is 0 Å². The summed E-state index contributed by atoms with van der Waals surface area (Å²) in [6.45, 7) is 1.40. The van der Waals surface area contributed by atoms with Crippen molar-refractivity contribution in [2.75, 3.05) is 18.8 Å². The topological polar surface area (TPSA) is 63.4 Å². The SMILES string of the molecule is NC(CS(=O)(=O)N1CCC1)C1CC2CCC1C2. The Hall–Kier alpha value is -0.130. The summed E-state index contributed by atoms with van der Waals surface area (Å²) in [5.74, 6) is 2.18. The highest BCUT2D eigenvalue weighted by Gasteiger charge is 2.43. The maximum atomic E-state index is 12.0. The van der Waals surface area contributed by atoms with Gasteiger partial charge in [0, 0.05) is 19.1 Å². The summed E-state index contributed by atoms with van der Waals surface area (Å²) in [7, 11) is -3.07. The van der Waals surface area contributed by atoms with Crippen LogP contribution in [-0.2, 0) is 10.0 Å². The van der Waals surface area contributed by atoms with E-state index in [2.05, 4.69) is 0 Å². The van der Waals surface area contributed by atoms with Crippen molar-refractivity contribution in [2.24, 2.45) is 23.5 Å². The Morgan fingerprint density at radius 1 is 1.24 bits per heavy atom. The van der Waals surface area contributed by atoms with E-state index in [1.807, 2.05) is 0 Å². The Labute approximate surface area is 104 Å². The van der Waals surface area contributed by atoms with E-state index >= 15 is 0 Å². The molecule has 0 radical (unpaired) electrons. The van der Waals surface area contributed by atoms with Gasteiger partial charge in [0.05, 0.1) is 5.75 Å². The Kier molecular flexibility index (Phi) is 2.96. The summed E-state index contributed by atoms with van der Waals surface area (Å²) in [5.41, 5.74) is 6.16. The normalized spacial score (nSPS) is 39.2. The van der Waals surface area contributed by atoms with Crippen molar-refractivity contribution >= 4 is 10.0 Å². The van der Waals surface area contributed by atoms with Crippen molar-refractivity contribution in [1.82, 2.24) is 4.31 Å². The highest BCUT2D eigenvalue weighted by atomic mass is 32.2. The van der Waals surface area contributed by atoms with Gasteiger partial charge in [-0.2, -0.15) is 0 Å². The van der Waals surface area contributed by atoms with Crippen LogP contribution in [0.25, 0.3) is 0 Å². The minimum atomic E-state index is -3.07. The lowest BCUT2D eigenvalue weighted by atomic mass is 9.84. The first kappa shape index (κ1) is 11.9. The smallest absolute Gasteiger partial charge is 0.215 e. The summed E-state index contributed by atoms with van der Waals surface area (Å²) < 4.78 is 25.6. The van der Waals surface area contributed by atoms with Crippen molar-refractivity contribution in [1.29, 1.82) is 0 Å². The maximum absolute atomic E-state index is 12.0. The average Bonchev–Trinajstić information content (AvgIpc) is 2.72. The predicted octanol–water partition coefficient (Wildman–Crippen LogP) is 0.785. The van der Waals surface area contributed by atoms with Crippen LogP contribution in [0.1, 0.15) is 32.1 Å². The zero-order valence-electron chi connectivity index (χ0n) is 10.2. The molecule has 0 aromatic heterocycles. The number of nitrogens with two attached hydrogens (primary N) is 1. The third-order valence-corrected chi connectivity index (χ3v) is 6.91. The van der Waals surface area contributed by atoms with Crippen LogP contribution in [0, 0.1) is 17.8 Å². The number of rotatable bonds is 4. The van der Waals surface area contributed by atoms with E-state index in [4.69, 9.17) is 5.73 Å². The number of fused-ring (bicyclic) bond motifs is 2. The molecule has 1 heterocycles. The van der Waals surface area contributed by atoms with Crippen LogP contribution in [0.5, 0.6) is 0 Å². The van der Waals surface area contributed by atoms with E-state index in [0.717, 1.165) is 12.3 Å². The van der Waals surface area contributed by atoms with Gasteiger partial charge in [0.25, 0.3) is 0 Å². The first-order valence-corrected chi connectivity index (χ1v) is 8.40. The minimum absolute atomic E-state index is 0.143. The molecule has 0 amide bonds. The fourth-order valence-electron chi connectivity index (χ4n) is 3.86. The van der Waals surface area contributed by atoms with Crippen LogP contribution in [-0.4, -0.2) is 37.6 Å². The summed E-state index contributed by atoms with van der Waals surface area (Å²) in [4.78, 5) is 0. The van der Waals surface area contributed by atoms with Crippen molar-refractivity contribution in [3.8, 4) is 0 Å². The second-order valence-electron chi connectivity index (χ2n) is 6.03. The molecule has 0 aromatic rings. The second kappa shape index (κ2) is 4.21. The van der Waals surface area contributed by atoms with Gasteiger partial charge >= 0.3 is 0 Å². The number of hydrogen-bond acceptors (Lipinski definition) is 3. The molecule has 1 saturated heterocycles. The van der Waals surface area contributed by atoms with Crippen LogP contribution >= 0.6 is 0 Å². The van der Waals surface area contributed by atoms with Gasteiger partial charge in [-0.25, -0.2) is 12.7 Å². The monoisotopic (exact) mass is 258 g/mol. The van der Waals surface area contributed by atoms with Crippen molar-refractivity contribution < 1.29 is 8.42 Å². The van der Waals surface area contributed by atoms with Crippen LogP contribution < -0.4 is 5.73 Å². The zero-order valence-corrected chi connectivity index (χ0v) is 11.0. The molecule has 3 rings (SSSR count). The van der Waals surface area contributed by atoms with Gasteiger partial charge in [0.2, 0.25) is 10.0 Å².